The second-order valence-corrected chi connectivity index (χ2v) is 9.81. The zero-order valence-electron chi connectivity index (χ0n) is 18.5. The fourth-order valence-corrected chi connectivity index (χ4v) is 4.03. The van der Waals surface area contributed by atoms with Crippen molar-refractivity contribution < 1.29 is 18.3 Å². The van der Waals surface area contributed by atoms with Crippen LogP contribution in [-0.2, 0) is 17.7 Å². The molecule has 3 aromatic rings. The maximum atomic E-state index is 15.5. The number of carbonyl (C=O) groups is 1. The number of anilines is 1. The number of carbonyl (C=O) groups excluding carboxylic acids is 1. The minimum atomic E-state index is -1.45. The largest absolute Gasteiger partial charge is 0.444 e. The molecule has 0 radical (unpaired) electrons. The van der Waals surface area contributed by atoms with Crippen molar-refractivity contribution in [1.82, 2.24) is 19.9 Å². The molecule has 3 rings (SSSR count). The molecular formula is C21H26ClF2N5O2S. The van der Waals surface area contributed by atoms with Gasteiger partial charge in [-0.1, -0.05) is 6.07 Å². The molecule has 3 aromatic heterocycles. The van der Waals surface area contributed by atoms with Gasteiger partial charge in [0.1, 0.15) is 17.3 Å². The summed E-state index contributed by atoms with van der Waals surface area (Å²) in [6.07, 6.45) is -2.31. The molecule has 0 bridgehead atoms. The molecule has 0 aliphatic carbocycles. The van der Waals surface area contributed by atoms with Gasteiger partial charge in [0.25, 0.3) is 0 Å². The molecule has 3 heterocycles. The number of amides is 1. The van der Waals surface area contributed by atoms with Crippen molar-refractivity contribution in [3.05, 3.63) is 44.7 Å². The number of hydrogen-bond acceptors (Lipinski definition) is 6. The van der Waals surface area contributed by atoms with Crippen LogP contribution in [0.4, 0.5) is 19.4 Å². The number of aromatic nitrogens is 3. The Morgan fingerprint density at radius 2 is 2.12 bits per heavy atom. The van der Waals surface area contributed by atoms with Gasteiger partial charge in [-0.2, -0.15) is 4.98 Å². The van der Waals surface area contributed by atoms with Crippen LogP contribution < -0.4 is 10.6 Å². The molecule has 32 heavy (non-hydrogen) atoms. The first kappa shape index (κ1) is 24.2. The molecule has 2 atom stereocenters. The molecule has 0 aromatic carbocycles. The van der Waals surface area contributed by atoms with Gasteiger partial charge < -0.3 is 15.4 Å². The molecule has 1 amide bonds. The average Bonchev–Trinajstić information content (AvgIpc) is 3.27. The van der Waals surface area contributed by atoms with E-state index >= 15 is 4.39 Å². The van der Waals surface area contributed by atoms with Crippen LogP contribution in [0.25, 0.3) is 5.52 Å². The van der Waals surface area contributed by atoms with Crippen molar-refractivity contribution in [2.75, 3.05) is 5.32 Å². The summed E-state index contributed by atoms with van der Waals surface area (Å²) in [6, 6.07) is 2.86. The van der Waals surface area contributed by atoms with E-state index in [1.807, 2.05) is 17.5 Å². The summed E-state index contributed by atoms with van der Waals surface area (Å²) in [5, 5.41) is 11.6. The van der Waals surface area contributed by atoms with Gasteiger partial charge in [-0.05, 0) is 57.7 Å². The van der Waals surface area contributed by atoms with E-state index in [1.165, 1.54) is 11.4 Å². The highest BCUT2D eigenvalue weighted by Gasteiger charge is 2.28. The maximum Gasteiger partial charge on any atom is 0.407 e. The smallest absolute Gasteiger partial charge is 0.407 e. The van der Waals surface area contributed by atoms with Crippen LogP contribution in [0.1, 0.15) is 43.8 Å². The Bertz CT molecular complexity index is 1100. The van der Waals surface area contributed by atoms with Gasteiger partial charge >= 0.3 is 6.09 Å². The van der Waals surface area contributed by atoms with Crippen molar-refractivity contribution in [1.29, 1.82) is 0 Å². The second kappa shape index (κ2) is 9.58. The molecule has 7 nitrogen and oxygen atoms in total. The fraction of sp³-hybridized carbons (Fsp3) is 0.476. The summed E-state index contributed by atoms with van der Waals surface area (Å²) in [5.41, 5.74) is 0.0280. The Labute approximate surface area is 194 Å². The fourth-order valence-electron chi connectivity index (χ4n) is 3.22. The quantitative estimate of drug-likeness (QED) is 0.474. The lowest BCUT2D eigenvalue weighted by atomic mass is 10.0. The maximum absolute atomic E-state index is 15.5. The lowest BCUT2D eigenvalue weighted by Crippen LogP contribution is -2.44. The van der Waals surface area contributed by atoms with Crippen molar-refractivity contribution in [3.63, 3.8) is 0 Å². The zero-order chi connectivity index (χ0) is 23.6. The van der Waals surface area contributed by atoms with Gasteiger partial charge in [-0.15, -0.1) is 16.4 Å². The Morgan fingerprint density at radius 3 is 2.72 bits per heavy atom. The van der Waals surface area contributed by atoms with E-state index < -0.39 is 29.7 Å². The van der Waals surface area contributed by atoms with Gasteiger partial charge in [0.2, 0.25) is 5.28 Å². The molecule has 0 spiro atoms. The highest BCUT2D eigenvalue weighted by Crippen LogP contribution is 2.29. The van der Waals surface area contributed by atoms with Crippen molar-refractivity contribution >= 4 is 40.4 Å². The number of halogens is 3. The minimum Gasteiger partial charge on any atom is -0.444 e. The van der Waals surface area contributed by atoms with Crippen LogP contribution in [0.15, 0.2) is 17.5 Å². The van der Waals surface area contributed by atoms with Crippen LogP contribution in [0, 0.1) is 12.7 Å². The molecular weight excluding hydrogens is 460 g/mol. The first-order valence-corrected chi connectivity index (χ1v) is 11.3. The standard InChI is InChI=1S/C21H26ClF2N5O2S/c1-11(23)15(26-20(30)31-21(3,4)5)9-14-12(2)29-17(16(14)24)18(27-19(22)28-29)25-10-13-7-6-8-32-13/h6-8,11,15H,9-10H2,1-5H3,(H,26,30)(H,25,27,28)/t11-,15+/m0/s1. The lowest BCUT2D eigenvalue weighted by molar-refractivity contribution is 0.0477. The summed E-state index contributed by atoms with van der Waals surface area (Å²) in [4.78, 5) is 17.3. The molecule has 0 aliphatic rings. The van der Waals surface area contributed by atoms with E-state index in [0.717, 1.165) is 4.88 Å². The van der Waals surface area contributed by atoms with E-state index in [9.17, 15) is 9.18 Å². The predicted octanol–water partition coefficient (Wildman–Crippen LogP) is 5.30. The van der Waals surface area contributed by atoms with Crippen LogP contribution >= 0.6 is 22.9 Å². The monoisotopic (exact) mass is 485 g/mol. The number of thiophene rings is 1. The van der Waals surface area contributed by atoms with Gasteiger partial charge in [-0.3, -0.25) is 0 Å². The van der Waals surface area contributed by atoms with Gasteiger partial charge in [0.05, 0.1) is 12.6 Å². The third-order valence-electron chi connectivity index (χ3n) is 4.74. The van der Waals surface area contributed by atoms with Crippen LogP contribution in [0.2, 0.25) is 5.28 Å². The number of nitrogens with one attached hydrogen (secondary N) is 2. The summed E-state index contributed by atoms with van der Waals surface area (Å²) >= 11 is 7.62. The number of rotatable bonds is 7. The van der Waals surface area contributed by atoms with Gasteiger partial charge in [0.15, 0.2) is 11.6 Å². The molecule has 174 valence electrons. The number of ether oxygens (including phenoxy) is 1. The Hall–Kier alpha value is -2.46. The van der Waals surface area contributed by atoms with Gasteiger partial charge in [0, 0.05) is 22.6 Å². The number of alkyl halides is 1. The molecule has 0 saturated carbocycles. The Kier molecular flexibility index (Phi) is 7.24. The topological polar surface area (TPSA) is 80.5 Å². The summed E-state index contributed by atoms with van der Waals surface area (Å²) < 4.78 is 36.4. The number of nitrogens with zero attached hydrogens (tertiary/aromatic N) is 3. The normalized spacial score (nSPS) is 13.8. The number of fused-ring (bicyclic) bond motifs is 1. The Balaban J connectivity index is 1.92. The van der Waals surface area contributed by atoms with Crippen LogP contribution in [0.5, 0.6) is 0 Å². The molecule has 0 fully saturated rings. The molecule has 0 aliphatic heterocycles. The third kappa shape index (κ3) is 5.66. The lowest BCUT2D eigenvalue weighted by Gasteiger charge is -2.24. The van der Waals surface area contributed by atoms with E-state index in [4.69, 9.17) is 16.3 Å². The molecule has 11 heteroatoms. The third-order valence-corrected chi connectivity index (χ3v) is 5.78. The number of aryl methyl sites for hydroxylation is 1. The Morgan fingerprint density at radius 1 is 1.41 bits per heavy atom. The van der Waals surface area contributed by atoms with E-state index in [0.29, 0.717) is 12.2 Å². The highest BCUT2D eigenvalue weighted by molar-refractivity contribution is 7.09. The van der Waals surface area contributed by atoms with Crippen LogP contribution in [0.3, 0.4) is 0 Å². The molecule has 0 unspecified atom stereocenters. The van der Waals surface area contributed by atoms with Crippen LogP contribution in [-0.4, -0.2) is 38.5 Å². The van der Waals surface area contributed by atoms with E-state index in [-0.39, 0.29) is 28.6 Å². The summed E-state index contributed by atoms with van der Waals surface area (Å²) in [5.74, 6) is -0.361. The van der Waals surface area contributed by atoms with Gasteiger partial charge in [-0.25, -0.2) is 18.1 Å². The van der Waals surface area contributed by atoms with Crippen molar-refractivity contribution in [3.8, 4) is 0 Å². The molecule has 2 N–H and O–H groups in total. The average molecular weight is 486 g/mol. The highest BCUT2D eigenvalue weighted by atomic mass is 35.5. The first-order valence-electron chi connectivity index (χ1n) is 10.1. The summed E-state index contributed by atoms with van der Waals surface area (Å²) in [7, 11) is 0. The van der Waals surface area contributed by atoms with E-state index in [2.05, 4.69) is 20.7 Å². The van der Waals surface area contributed by atoms with Crippen molar-refractivity contribution in [2.24, 2.45) is 0 Å². The predicted molar refractivity (Wildman–Crippen MR) is 122 cm³/mol. The minimum absolute atomic E-state index is 0.0573. The van der Waals surface area contributed by atoms with Crippen molar-refractivity contribution in [2.45, 2.75) is 65.4 Å². The van der Waals surface area contributed by atoms with E-state index in [1.54, 1.807) is 39.0 Å². The number of alkyl carbamates (subject to hydrolysis) is 1. The number of hydrogen-bond donors (Lipinski definition) is 2. The first-order chi connectivity index (χ1) is 15.0. The second-order valence-electron chi connectivity index (χ2n) is 8.44. The zero-order valence-corrected chi connectivity index (χ0v) is 20.1. The SMILES string of the molecule is Cc1c(C[C@@H](NC(=O)OC(C)(C)C)[C@H](C)F)c(F)c2c(NCc3cccs3)nc(Cl)nn12. The summed E-state index contributed by atoms with van der Waals surface area (Å²) in [6.45, 7) is 8.51. The molecule has 0 saturated heterocycles.